The second-order valence-corrected chi connectivity index (χ2v) is 5.11. The molecule has 0 radical (unpaired) electrons. The molecule has 0 aliphatic heterocycles. The molecule has 1 aliphatic rings. The molecule has 3 heteroatoms. The van der Waals surface area contributed by atoms with Crippen LogP contribution >= 0.6 is 0 Å². The van der Waals surface area contributed by atoms with Crippen molar-refractivity contribution in [3.05, 3.63) is 23.8 Å². The molecule has 2 rings (SSSR count). The zero-order chi connectivity index (χ0) is 13.5. The fraction of sp³-hybridized carbons (Fsp3) is 0.625. The lowest BCUT2D eigenvalue weighted by atomic mass is 10.1. The van der Waals surface area contributed by atoms with E-state index in [1.807, 2.05) is 6.07 Å². The van der Waals surface area contributed by atoms with Gasteiger partial charge in [0.15, 0.2) is 11.5 Å². The molecule has 0 amide bonds. The highest BCUT2D eigenvalue weighted by Gasteiger charge is 2.18. The van der Waals surface area contributed by atoms with Gasteiger partial charge in [-0.25, -0.2) is 0 Å². The topological polar surface area (TPSA) is 27.7 Å². The van der Waals surface area contributed by atoms with Crippen molar-refractivity contribution in [3.63, 3.8) is 0 Å². The van der Waals surface area contributed by atoms with Crippen molar-refractivity contribution in [3.8, 4) is 11.5 Å². The van der Waals surface area contributed by atoms with E-state index in [4.69, 9.17) is 14.2 Å². The second-order valence-electron chi connectivity index (χ2n) is 5.11. The van der Waals surface area contributed by atoms with Crippen molar-refractivity contribution < 1.29 is 14.2 Å². The van der Waals surface area contributed by atoms with Crippen LogP contribution < -0.4 is 9.47 Å². The molecule has 0 N–H and O–H groups in total. The lowest BCUT2D eigenvalue weighted by molar-refractivity contribution is 0.194. The molecule has 0 spiro atoms. The fourth-order valence-electron chi connectivity index (χ4n) is 2.58. The van der Waals surface area contributed by atoms with Crippen molar-refractivity contribution in [1.82, 2.24) is 0 Å². The summed E-state index contributed by atoms with van der Waals surface area (Å²) in [4.78, 5) is 0. The van der Waals surface area contributed by atoms with E-state index >= 15 is 0 Å². The first-order valence-electron chi connectivity index (χ1n) is 7.16. The largest absolute Gasteiger partial charge is 0.493 e. The number of methoxy groups -OCH3 is 2. The standard InChI is InChI=1S/C16H24O3/c1-17-11-5-6-13-9-10-15(18-2)16(12-13)19-14-7-3-4-8-14/h9-10,12,14H,3-8,11H2,1-2H3. The number of ether oxygens (including phenoxy) is 3. The van der Waals surface area contributed by atoms with Crippen molar-refractivity contribution in [2.75, 3.05) is 20.8 Å². The summed E-state index contributed by atoms with van der Waals surface area (Å²) in [5.41, 5.74) is 1.28. The van der Waals surface area contributed by atoms with E-state index in [-0.39, 0.29) is 0 Å². The summed E-state index contributed by atoms with van der Waals surface area (Å²) in [6.07, 6.45) is 7.29. The van der Waals surface area contributed by atoms with Gasteiger partial charge in [-0.1, -0.05) is 6.07 Å². The molecule has 3 nitrogen and oxygen atoms in total. The maximum atomic E-state index is 6.09. The molecule has 1 aliphatic carbocycles. The highest BCUT2D eigenvalue weighted by Crippen LogP contribution is 2.32. The molecule has 0 heterocycles. The molecule has 0 bridgehead atoms. The van der Waals surface area contributed by atoms with E-state index in [2.05, 4.69) is 12.1 Å². The van der Waals surface area contributed by atoms with Crippen LogP contribution in [0.2, 0.25) is 0 Å². The Labute approximate surface area is 115 Å². The Hall–Kier alpha value is -1.22. The van der Waals surface area contributed by atoms with Crippen LogP contribution in [-0.4, -0.2) is 26.9 Å². The Balaban J connectivity index is 2.02. The van der Waals surface area contributed by atoms with E-state index in [0.29, 0.717) is 6.10 Å². The van der Waals surface area contributed by atoms with Gasteiger partial charge in [0.1, 0.15) is 0 Å². The number of hydrogen-bond acceptors (Lipinski definition) is 3. The number of aryl methyl sites for hydroxylation is 1. The third-order valence-corrected chi connectivity index (χ3v) is 3.64. The summed E-state index contributed by atoms with van der Waals surface area (Å²) in [5, 5.41) is 0. The van der Waals surface area contributed by atoms with E-state index in [1.54, 1.807) is 14.2 Å². The van der Waals surface area contributed by atoms with Gasteiger partial charge >= 0.3 is 0 Å². The zero-order valence-corrected chi connectivity index (χ0v) is 12.0. The second kappa shape index (κ2) is 7.39. The molecular weight excluding hydrogens is 240 g/mol. The first-order valence-corrected chi connectivity index (χ1v) is 7.16. The van der Waals surface area contributed by atoms with E-state index in [0.717, 1.165) is 43.8 Å². The molecule has 0 unspecified atom stereocenters. The van der Waals surface area contributed by atoms with Crippen LogP contribution in [0, 0.1) is 0 Å². The van der Waals surface area contributed by atoms with Gasteiger partial charge in [0.2, 0.25) is 0 Å². The Bertz CT molecular complexity index is 384. The summed E-state index contributed by atoms with van der Waals surface area (Å²) in [6, 6.07) is 6.23. The summed E-state index contributed by atoms with van der Waals surface area (Å²) >= 11 is 0. The maximum Gasteiger partial charge on any atom is 0.161 e. The van der Waals surface area contributed by atoms with Crippen LogP contribution in [0.5, 0.6) is 11.5 Å². The normalized spacial score (nSPS) is 15.7. The molecule has 1 saturated carbocycles. The molecule has 0 aromatic heterocycles. The van der Waals surface area contributed by atoms with Crippen molar-refractivity contribution >= 4 is 0 Å². The third-order valence-electron chi connectivity index (χ3n) is 3.64. The van der Waals surface area contributed by atoms with Gasteiger partial charge in [-0.3, -0.25) is 0 Å². The lowest BCUT2D eigenvalue weighted by Crippen LogP contribution is -2.11. The third kappa shape index (κ3) is 4.13. The molecule has 0 atom stereocenters. The van der Waals surface area contributed by atoms with Gasteiger partial charge in [0.05, 0.1) is 13.2 Å². The van der Waals surface area contributed by atoms with Gasteiger partial charge in [-0.05, 0) is 56.2 Å². The predicted molar refractivity (Wildman–Crippen MR) is 76.1 cm³/mol. The van der Waals surface area contributed by atoms with Gasteiger partial charge in [-0.2, -0.15) is 0 Å². The number of hydrogen-bond donors (Lipinski definition) is 0. The van der Waals surface area contributed by atoms with Crippen LogP contribution in [0.1, 0.15) is 37.7 Å². The summed E-state index contributed by atoms with van der Waals surface area (Å²) in [7, 11) is 3.43. The molecular formula is C16H24O3. The van der Waals surface area contributed by atoms with Crippen molar-refractivity contribution in [1.29, 1.82) is 0 Å². The van der Waals surface area contributed by atoms with Gasteiger partial charge < -0.3 is 14.2 Å². The predicted octanol–water partition coefficient (Wildman–Crippen LogP) is 3.60. The Kier molecular flexibility index (Phi) is 5.52. The Morgan fingerprint density at radius 2 is 1.89 bits per heavy atom. The molecule has 1 aromatic rings. The van der Waals surface area contributed by atoms with Gasteiger partial charge in [-0.15, -0.1) is 0 Å². The van der Waals surface area contributed by atoms with E-state index in [9.17, 15) is 0 Å². The molecule has 106 valence electrons. The SMILES string of the molecule is COCCCc1ccc(OC)c(OC2CCCC2)c1. The van der Waals surface area contributed by atoms with Crippen molar-refractivity contribution in [2.45, 2.75) is 44.6 Å². The Morgan fingerprint density at radius 1 is 1.11 bits per heavy atom. The minimum atomic E-state index is 0.364. The molecule has 0 saturated heterocycles. The Morgan fingerprint density at radius 3 is 2.58 bits per heavy atom. The monoisotopic (exact) mass is 264 g/mol. The highest BCUT2D eigenvalue weighted by atomic mass is 16.5. The quantitative estimate of drug-likeness (QED) is 0.704. The fourth-order valence-corrected chi connectivity index (χ4v) is 2.58. The summed E-state index contributed by atoms with van der Waals surface area (Å²) < 4.78 is 16.6. The molecule has 1 fully saturated rings. The lowest BCUT2D eigenvalue weighted by Gasteiger charge is -2.16. The first-order chi connectivity index (χ1) is 9.33. The first kappa shape index (κ1) is 14.2. The van der Waals surface area contributed by atoms with Gasteiger partial charge in [0, 0.05) is 13.7 Å². The smallest absolute Gasteiger partial charge is 0.161 e. The van der Waals surface area contributed by atoms with Crippen LogP contribution in [0.25, 0.3) is 0 Å². The van der Waals surface area contributed by atoms with Crippen LogP contribution in [-0.2, 0) is 11.2 Å². The summed E-state index contributed by atoms with van der Waals surface area (Å²) in [5.74, 6) is 1.73. The number of benzene rings is 1. The van der Waals surface area contributed by atoms with Crippen molar-refractivity contribution in [2.24, 2.45) is 0 Å². The number of rotatable bonds is 7. The average molecular weight is 264 g/mol. The van der Waals surface area contributed by atoms with Crippen LogP contribution in [0.4, 0.5) is 0 Å². The zero-order valence-electron chi connectivity index (χ0n) is 12.0. The highest BCUT2D eigenvalue weighted by molar-refractivity contribution is 5.43. The van der Waals surface area contributed by atoms with Crippen LogP contribution in [0.15, 0.2) is 18.2 Å². The molecule has 19 heavy (non-hydrogen) atoms. The van der Waals surface area contributed by atoms with E-state index in [1.165, 1.54) is 18.4 Å². The minimum Gasteiger partial charge on any atom is -0.493 e. The average Bonchev–Trinajstić information content (AvgIpc) is 2.92. The summed E-state index contributed by atoms with van der Waals surface area (Å²) in [6.45, 7) is 0.796. The maximum absolute atomic E-state index is 6.09. The van der Waals surface area contributed by atoms with Gasteiger partial charge in [0.25, 0.3) is 0 Å². The minimum absolute atomic E-state index is 0.364. The van der Waals surface area contributed by atoms with E-state index < -0.39 is 0 Å². The molecule has 1 aromatic carbocycles. The van der Waals surface area contributed by atoms with Crippen LogP contribution in [0.3, 0.4) is 0 Å².